The van der Waals surface area contributed by atoms with Crippen LogP contribution in [-0.2, 0) is 4.74 Å². The van der Waals surface area contributed by atoms with Crippen molar-refractivity contribution in [3.8, 4) is 5.75 Å². The topological polar surface area (TPSA) is 71.0 Å². The summed E-state index contributed by atoms with van der Waals surface area (Å²) < 4.78 is 11.1. The van der Waals surface area contributed by atoms with Crippen LogP contribution < -0.4 is 10.1 Å². The largest absolute Gasteiger partial charge is 0.496 e. The summed E-state index contributed by atoms with van der Waals surface area (Å²) in [6.07, 6.45) is 1.67. The van der Waals surface area contributed by atoms with E-state index in [1.165, 1.54) is 0 Å². The molecule has 0 saturated carbocycles. The molecule has 132 valence electrons. The molecule has 0 radical (unpaired) electrons. The highest BCUT2D eigenvalue weighted by molar-refractivity contribution is 5.95. The summed E-state index contributed by atoms with van der Waals surface area (Å²) in [7, 11) is 1.61. The molecule has 0 bridgehead atoms. The minimum Gasteiger partial charge on any atom is -0.496 e. The highest BCUT2D eigenvalue weighted by Crippen LogP contribution is 2.25. The predicted molar refractivity (Wildman–Crippen MR) is 90.4 cm³/mol. The normalized spacial score (nSPS) is 26.9. The molecule has 2 aliphatic heterocycles. The van der Waals surface area contributed by atoms with E-state index in [4.69, 9.17) is 14.6 Å². The Balaban J connectivity index is 1.58. The number of carbonyl (C=O) groups is 1. The van der Waals surface area contributed by atoms with Gasteiger partial charge in [0, 0.05) is 37.3 Å². The van der Waals surface area contributed by atoms with Crippen molar-refractivity contribution in [2.75, 3.05) is 33.4 Å². The van der Waals surface area contributed by atoms with Gasteiger partial charge in [-0.15, -0.1) is 0 Å². The zero-order valence-corrected chi connectivity index (χ0v) is 14.3. The lowest BCUT2D eigenvalue weighted by atomic mass is 10.1. The minimum atomic E-state index is -0.0639. The average Bonchev–Trinajstić information content (AvgIpc) is 2.97. The molecule has 0 unspecified atom stereocenters. The molecule has 24 heavy (non-hydrogen) atoms. The van der Waals surface area contributed by atoms with E-state index in [1.807, 2.05) is 19.1 Å². The molecule has 1 amide bonds. The van der Waals surface area contributed by atoms with E-state index < -0.39 is 0 Å². The quantitative estimate of drug-likeness (QED) is 0.839. The van der Waals surface area contributed by atoms with Crippen molar-refractivity contribution in [1.82, 2.24) is 10.2 Å². The Hall–Kier alpha value is -1.63. The SMILES string of the molecule is COc1cc(C(=O)N[C@H]2C[C@H]3CO[C@@H](CCO)CN3C2)ccc1C. The van der Waals surface area contributed by atoms with Crippen molar-refractivity contribution in [1.29, 1.82) is 0 Å². The van der Waals surface area contributed by atoms with Gasteiger partial charge in [-0.2, -0.15) is 0 Å². The van der Waals surface area contributed by atoms with Gasteiger partial charge in [-0.25, -0.2) is 0 Å². The highest BCUT2D eigenvalue weighted by Gasteiger charge is 2.37. The van der Waals surface area contributed by atoms with Crippen molar-refractivity contribution >= 4 is 5.91 Å². The molecule has 1 aromatic rings. The van der Waals surface area contributed by atoms with Crippen molar-refractivity contribution in [3.63, 3.8) is 0 Å². The number of nitrogens with zero attached hydrogens (tertiary/aromatic N) is 1. The maximum atomic E-state index is 12.5. The Labute approximate surface area is 142 Å². The average molecular weight is 334 g/mol. The third-order valence-corrected chi connectivity index (χ3v) is 4.95. The molecule has 2 fully saturated rings. The van der Waals surface area contributed by atoms with Crippen LogP contribution in [0.4, 0.5) is 0 Å². The summed E-state index contributed by atoms with van der Waals surface area (Å²) in [5, 5.41) is 12.2. The summed E-state index contributed by atoms with van der Waals surface area (Å²) in [4.78, 5) is 14.9. The van der Waals surface area contributed by atoms with E-state index >= 15 is 0 Å². The second-order valence-corrected chi connectivity index (χ2v) is 6.67. The number of rotatable bonds is 5. The first-order valence-corrected chi connectivity index (χ1v) is 8.52. The van der Waals surface area contributed by atoms with E-state index in [9.17, 15) is 4.79 Å². The Morgan fingerprint density at radius 1 is 1.46 bits per heavy atom. The molecule has 6 nitrogen and oxygen atoms in total. The third-order valence-electron chi connectivity index (χ3n) is 4.95. The first-order valence-electron chi connectivity index (χ1n) is 8.52. The van der Waals surface area contributed by atoms with Gasteiger partial charge in [-0.1, -0.05) is 6.07 Å². The van der Waals surface area contributed by atoms with Gasteiger partial charge >= 0.3 is 0 Å². The molecule has 3 rings (SSSR count). The van der Waals surface area contributed by atoms with Crippen LogP contribution in [0.25, 0.3) is 0 Å². The number of benzene rings is 1. The first kappa shape index (κ1) is 17.2. The summed E-state index contributed by atoms with van der Waals surface area (Å²) in [6.45, 7) is 4.45. The van der Waals surface area contributed by atoms with E-state index in [-0.39, 0.29) is 24.7 Å². The number of carbonyl (C=O) groups excluding carboxylic acids is 1. The van der Waals surface area contributed by atoms with Crippen LogP contribution >= 0.6 is 0 Å². The van der Waals surface area contributed by atoms with Gasteiger partial charge in [0.1, 0.15) is 5.75 Å². The number of amides is 1. The predicted octanol–water partition coefficient (Wildman–Crippen LogP) is 0.958. The zero-order valence-electron chi connectivity index (χ0n) is 14.3. The fraction of sp³-hybridized carbons (Fsp3) is 0.611. The Bertz CT molecular complexity index is 592. The van der Waals surface area contributed by atoms with Crippen LogP contribution in [0.1, 0.15) is 28.8 Å². The summed E-state index contributed by atoms with van der Waals surface area (Å²) >= 11 is 0. The number of hydrogen-bond donors (Lipinski definition) is 2. The van der Waals surface area contributed by atoms with Gasteiger partial charge in [0.15, 0.2) is 0 Å². The van der Waals surface area contributed by atoms with E-state index in [0.717, 1.165) is 30.8 Å². The van der Waals surface area contributed by atoms with E-state index in [1.54, 1.807) is 13.2 Å². The Morgan fingerprint density at radius 2 is 2.29 bits per heavy atom. The number of aliphatic hydroxyl groups is 1. The van der Waals surface area contributed by atoms with Crippen LogP contribution in [0.3, 0.4) is 0 Å². The van der Waals surface area contributed by atoms with Gasteiger partial charge in [0.25, 0.3) is 5.91 Å². The first-order chi connectivity index (χ1) is 11.6. The number of methoxy groups -OCH3 is 1. The zero-order chi connectivity index (χ0) is 17.1. The summed E-state index contributed by atoms with van der Waals surface area (Å²) in [5.41, 5.74) is 1.64. The minimum absolute atomic E-state index is 0.0639. The number of nitrogens with one attached hydrogen (secondary N) is 1. The Kier molecular flexibility index (Phi) is 5.38. The molecule has 0 aliphatic carbocycles. The lowest BCUT2D eigenvalue weighted by Crippen LogP contribution is -2.46. The molecule has 0 aromatic heterocycles. The molecular weight excluding hydrogens is 308 g/mol. The van der Waals surface area contributed by atoms with E-state index in [2.05, 4.69) is 10.2 Å². The molecule has 2 saturated heterocycles. The fourth-order valence-electron chi connectivity index (χ4n) is 3.60. The summed E-state index contributed by atoms with van der Waals surface area (Å²) in [5.74, 6) is 0.665. The van der Waals surface area contributed by atoms with Gasteiger partial charge in [0.2, 0.25) is 0 Å². The maximum absolute atomic E-state index is 12.5. The number of aryl methyl sites for hydroxylation is 1. The van der Waals surface area contributed by atoms with Crippen molar-refractivity contribution < 1.29 is 19.4 Å². The van der Waals surface area contributed by atoms with Crippen molar-refractivity contribution in [3.05, 3.63) is 29.3 Å². The number of morpholine rings is 1. The number of fused-ring (bicyclic) bond motifs is 1. The molecule has 2 aliphatic rings. The number of ether oxygens (including phenoxy) is 2. The van der Waals surface area contributed by atoms with Crippen LogP contribution in [0.5, 0.6) is 5.75 Å². The smallest absolute Gasteiger partial charge is 0.251 e. The summed E-state index contributed by atoms with van der Waals surface area (Å²) in [6, 6.07) is 6.01. The van der Waals surface area contributed by atoms with Gasteiger partial charge in [0.05, 0.1) is 19.8 Å². The van der Waals surface area contributed by atoms with Gasteiger partial charge in [-0.05, 0) is 37.5 Å². The van der Waals surface area contributed by atoms with Crippen LogP contribution in [-0.4, -0.2) is 67.5 Å². The lowest BCUT2D eigenvalue weighted by Gasteiger charge is -2.34. The molecule has 2 heterocycles. The fourth-order valence-corrected chi connectivity index (χ4v) is 3.60. The number of hydrogen-bond acceptors (Lipinski definition) is 5. The molecule has 1 aromatic carbocycles. The second-order valence-electron chi connectivity index (χ2n) is 6.67. The van der Waals surface area contributed by atoms with Crippen LogP contribution in [0, 0.1) is 6.92 Å². The van der Waals surface area contributed by atoms with E-state index in [0.29, 0.717) is 24.6 Å². The van der Waals surface area contributed by atoms with Crippen LogP contribution in [0.15, 0.2) is 18.2 Å². The molecule has 3 atom stereocenters. The molecular formula is C18H26N2O4. The van der Waals surface area contributed by atoms with Gasteiger partial charge in [-0.3, -0.25) is 9.69 Å². The standard InChI is InChI=1S/C18H26N2O4/c1-12-3-4-13(7-17(12)23-2)18(22)19-14-8-15-11-24-16(5-6-21)10-20(15)9-14/h3-4,7,14-16,21H,5-6,8-11H2,1-2H3,(H,19,22)/t14-,15-,16-/m0/s1. The monoisotopic (exact) mass is 334 g/mol. The molecule has 0 spiro atoms. The van der Waals surface area contributed by atoms with Crippen LogP contribution in [0.2, 0.25) is 0 Å². The lowest BCUT2D eigenvalue weighted by molar-refractivity contribution is -0.0566. The van der Waals surface area contributed by atoms with Crippen molar-refractivity contribution in [2.24, 2.45) is 0 Å². The van der Waals surface area contributed by atoms with Gasteiger partial charge < -0.3 is 19.9 Å². The number of aliphatic hydroxyl groups excluding tert-OH is 1. The second kappa shape index (κ2) is 7.51. The van der Waals surface area contributed by atoms with Crippen molar-refractivity contribution in [2.45, 2.75) is 38.0 Å². The molecule has 6 heteroatoms. The Morgan fingerprint density at radius 3 is 3.04 bits per heavy atom. The molecule has 2 N–H and O–H groups in total. The maximum Gasteiger partial charge on any atom is 0.251 e. The third kappa shape index (κ3) is 3.71. The highest BCUT2D eigenvalue weighted by atomic mass is 16.5.